The molecule has 4 aromatic rings. The van der Waals surface area contributed by atoms with Gasteiger partial charge in [0, 0.05) is 23.2 Å². The summed E-state index contributed by atoms with van der Waals surface area (Å²) in [6.07, 6.45) is 2.60. The summed E-state index contributed by atoms with van der Waals surface area (Å²) in [7, 11) is 0. The van der Waals surface area contributed by atoms with E-state index in [9.17, 15) is 14.4 Å². The van der Waals surface area contributed by atoms with E-state index in [1.165, 1.54) is 23.0 Å². The average molecular weight is 719 g/mol. The second kappa shape index (κ2) is 14.1. The predicted molar refractivity (Wildman–Crippen MR) is 176 cm³/mol. The number of thioether (sulfide) groups is 1. The minimum atomic E-state index is -0.833. The molecule has 2 heterocycles. The molecule has 8 heteroatoms. The summed E-state index contributed by atoms with van der Waals surface area (Å²) in [5.74, 6) is -0.151. The molecule has 1 aromatic heterocycles. The van der Waals surface area contributed by atoms with E-state index in [-0.39, 0.29) is 32.8 Å². The number of hydroxylamine groups is 1. The monoisotopic (exact) mass is 718 g/mol. The van der Waals surface area contributed by atoms with Crippen LogP contribution in [0.25, 0.3) is 27.3 Å². The third kappa shape index (κ3) is 6.77. The van der Waals surface area contributed by atoms with Gasteiger partial charge in [-0.05, 0) is 37.6 Å². The summed E-state index contributed by atoms with van der Waals surface area (Å²) in [5.41, 5.74) is 11.2. The van der Waals surface area contributed by atoms with Gasteiger partial charge in [-0.25, -0.2) is 0 Å². The van der Waals surface area contributed by atoms with Crippen LogP contribution < -0.4 is 21.2 Å². The number of benzene rings is 3. The van der Waals surface area contributed by atoms with Crippen LogP contribution in [0.1, 0.15) is 66.0 Å². The van der Waals surface area contributed by atoms with Crippen LogP contribution in [-0.2, 0) is 16.2 Å². The van der Waals surface area contributed by atoms with Crippen LogP contribution in [0.3, 0.4) is 0 Å². The summed E-state index contributed by atoms with van der Waals surface area (Å²) < 4.78 is 6.75. The van der Waals surface area contributed by atoms with Crippen molar-refractivity contribution in [3.63, 3.8) is 0 Å². The Labute approximate surface area is 272 Å². The molecular weight excluding hydrogens is 683 g/mol. The molecule has 1 unspecified atom stereocenters. The van der Waals surface area contributed by atoms with Gasteiger partial charge in [-0.1, -0.05) is 24.3 Å². The standard InChI is InChI=1S/C36H35IN2O4S/c1-6-39-32-13-11-26(34(41)28-10-8-7-9-22(28)2)19-29(32)30-20-27(12-14-33(30)39)35(42)31(38-43-25(5)40)16-18-44-36-23(3)15-17-37-21-24(36)4/h7-15,17,19-21,31H,6,16,18H2,1-5H3/q-2. The first-order valence-corrected chi connectivity index (χ1v) is 18.0. The fourth-order valence-electron chi connectivity index (χ4n) is 5.48. The van der Waals surface area contributed by atoms with E-state index < -0.39 is 12.0 Å². The molecule has 0 aliphatic carbocycles. The molecule has 1 aliphatic heterocycles. The zero-order valence-corrected chi connectivity index (χ0v) is 28.5. The number of hydrogen-bond donors (Lipinski definition) is 0. The van der Waals surface area contributed by atoms with Crippen LogP contribution in [0.5, 0.6) is 0 Å². The number of rotatable bonds is 11. The van der Waals surface area contributed by atoms with Crippen molar-refractivity contribution in [3.8, 4) is 0 Å². The minimum absolute atomic E-state index is 0.0335. The molecule has 228 valence electrons. The van der Waals surface area contributed by atoms with E-state index in [1.807, 2.05) is 67.6 Å². The first kappa shape index (κ1) is 31.9. The summed E-state index contributed by atoms with van der Waals surface area (Å²) >= 11 is 1.62. The molecule has 44 heavy (non-hydrogen) atoms. The van der Waals surface area contributed by atoms with Crippen molar-refractivity contribution in [2.45, 2.75) is 53.6 Å². The number of Topliss-reactive ketones (excluding diaryl/α,β-unsaturated/α-hetero) is 1. The van der Waals surface area contributed by atoms with Crippen LogP contribution in [-0.4, -0.2) is 33.9 Å². The number of nitrogens with zero attached hydrogens (tertiary/aromatic N) is 2. The van der Waals surface area contributed by atoms with E-state index >= 15 is 0 Å². The van der Waals surface area contributed by atoms with Crippen molar-refractivity contribution in [2.24, 2.45) is 0 Å². The average Bonchev–Trinajstić information content (AvgIpc) is 3.24. The maximum absolute atomic E-state index is 13.9. The molecular formula is C36H35IN2O4S-2. The van der Waals surface area contributed by atoms with Crippen LogP contribution in [0.2, 0.25) is 0 Å². The number of halogens is 1. The third-order valence-corrected chi connectivity index (χ3v) is 11.1. The topological polar surface area (TPSA) is 79.5 Å². The van der Waals surface area contributed by atoms with E-state index in [0.29, 0.717) is 28.9 Å². The van der Waals surface area contributed by atoms with E-state index in [0.717, 1.165) is 33.9 Å². The number of fused-ring (bicyclic) bond motifs is 3. The van der Waals surface area contributed by atoms with E-state index in [1.54, 1.807) is 11.8 Å². The summed E-state index contributed by atoms with van der Waals surface area (Å²) in [6.45, 7) is 10.3. The molecule has 0 amide bonds. The van der Waals surface area contributed by atoms with Crippen molar-refractivity contribution in [1.82, 2.24) is 4.57 Å². The first-order chi connectivity index (χ1) is 21.2. The zero-order chi connectivity index (χ0) is 31.4. The quantitative estimate of drug-likeness (QED) is 0.114. The van der Waals surface area contributed by atoms with Crippen LogP contribution in [0.4, 0.5) is 0 Å². The van der Waals surface area contributed by atoms with Gasteiger partial charge in [0.25, 0.3) is 0 Å². The van der Waals surface area contributed by atoms with Gasteiger partial charge in [0.15, 0.2) is 5.78 Å². The van der Waals surface area contributed by atoms with Gasteiger partial charge in [0.05, 0.1) is 0 Å². The van der Waals surface area contributed by atoms with Crippen LogP contribution in [0, 0.1) is 6.92 Å². The zero-order valence-electron chi connectivity index (χ0n) is 25.5. The number of ketones is 2. The fraction of sp³-hybridized carbons (Fsp3) is 0.250. The molecule has 1 aliphatic rings. The molecule has 0 spiro atoms. The van der Waals surface area contributed by atoms with Crippen LogP contribution in [0.15, 0.2) is 91.0 Å². The molecule has 0 saturated carbocycles. The Balaban J connectivity index is 1.47. The molecule has 3 aromatic carbocycles. The summed E-state index contributed by atoms with van der Waals surface area (Å²) in [6, 6.07) is 18.2. The van der Waals surface area contributed by atoms with Crippen molar-refractivity contribution in [3.05, 3.63) is 119 Å². The molecule has 6 nitrogen and oxygen atoms in total. The van der Waals surface area contributed by atoms with Gasteiger partial charge in [-0.3, -0.25) is 4.79 Å². The van der Waals surface area contributed by atoms with E-state index in [4.69, 9.17) is 4.84 Å². The Hall–Kier alpha value is -3.47. The predicted octanol–water partition coefficient (Wildman–Crippen LogP) is 5.67. The SMILES string of the molecule is CCn1c2ccc(C(=O)c3ccccc3C)cc2c2cc(C(=O)C(CCSC3=C(C)C=C[I-]C=C3C)[N-]OC(C)=O)ccc21. The number of carbonyl (C=O) groups excluding carboxylic acids is 3. The number of carbonyl (C=O) groups is 3. The normalized spacial score (nSPS) is 14.2. The number of hydrogen-bond acceptors (Lipinski definition) is 5. The van der Waals surface area contributed by atoms with Gasteiger partial charge in [0.1, 0.15) is 0 Å². The summed E-state index contributed by atoms with van der Waals surface area (Å²) in [4.78, 5) is 45.2. The molecule has 5 rings (SSSR count). The molecule has 1 atom stereocenters. The van der Waals surface area contributed by atoms with Crippen LogP contribution >= 0.6 is 11.8 Å². The molecule has 0 bridgehead atoms. The van der Waals surface area contributed by atoms with Crippen molar-refractivity contribution >= 4 is 51.1 Å². The van der Waals surface area contributed by atoms with Crippen molar-refractivity contribution < 1.29 is 40.4 Å². The van der Waals surface area contributed by atoms with E-state index in [2.05, 4.69) is 45.1 Å². The molecule has 0 radical (unpaired) electrons. The van der Waals surface area contributed by atoms with Crippen molar-refractivity contribution in [1.29, 1.82) is 0 Å². The fourth-order valence-corrected chi connectivity index (χ4v) is 8.63. The number of allylic oxidation sites excluding steroid dienone is 3. The van der Waals surface area contributed by atoms with Gasteiger partial charge in [-0.2, -0.15) is 0 Å². The van der Waals surface area contributed by atoms with Gasteiger partial charge >= 0.3 is 174 Å². The Morgan fingerprint density at radius 2 is 1.64 bits per heavy atom. The summed E-state index contributed by atoms with van der Waals surface area (Å²) in [5, 5.41) is 1.80. The van der Waals surface area contributed by atoms with Gasteiger partial charge in [-0.15, -0.1) is 0 Å². The molecule has 0 N–H and O–H groups in total. The first-order valence-electron chi connectivity index (χ1n) is 14.6. The Bertz CT molecular complexity index is 1870. The number of aryl methyl sites for hydroxylation is 2. The van der Waals surface area contributed by atoms with Gasteiger partial charge < -0.3 is 4.57 Å². The second-order valence-electron chi connectivity index (χ2n) is 10.8. The third-order valence-electron chi connectivity index (χ3n) is 7.70. The van der Waals surface area contributed by atoms with Crippen molar-refractivity contribution in [2.75, 3.05) is 5.75 Å². The Morgan fingerprint density at radius 1 is 0.955 bits per heavy atom. The second-order valence-corrected chi connectivity index (χ2v) is 13.9. The molecule has 0 fully saturated rings. The number of aromatic nitrogens is 1. The Kier molecular flexibility index (Phi) is 10.2. The Morgan fingerprint density at radius 3 is 2.32 bits per heavy atom. The maximum atomic E-state index is 13.9. The molecule has 0 saturated heterocycles. The van der Waals surface area contributed by atoms with Gasteiger partial charge in [0.2, 0.25) is 0 Å².